The van der Waals surface area contributed by atoms with Crippen LogP contribution >= 0.6 is 23.5 Å². The van der Waals surface area contributed by atoms with Gasteiger partial charge in [0.15, 0.2) is 11.6 Å². The Morgan fingerprint density at radius 2 is 1.95 bits per heavy atom. The molecular weight excluding hydrogens is 332 g/mol. The summed E-state index contributed by atoms with van der Waals surface area (Å²) in [6.45, 7) is 0. The number of rotatable bonds is 5. The Bertz CT molecular complexity index is 577. The van der Waals surface area contributed by atoms with Crippen LogP contribution in [-0.2, 0) is 9.59 Å². The number of nitrogens with one attached hydrogen (secondary N) is 1. The second kappa shape index (κ2) is 7.32. The van der Waals surface area contributed by atoms with Crippen LogP contribution in [0.2, 0.25) is 0 Å². The first-order valence-electron chi connectivity index (χ1n) is 6.63. The Labute approximate surface area is 135 Å². The number of benzene rings is 1. The molecule has 0 bridgehead atoms. The number of amides is 1. The molecule has 1 amide bonds. The third-order valence-corrected chi connectivity index (χ3v) is 5.37. The summed E-state index contributed by atoms with van der Waals surface area (Å²) >= 11 is 2.69. The van der Waals surface area contributed by atoms with E-state index in [9.17, 15) is 23.5 Å². The average Bonchev–Trinajstić information content (AvgIpc) is 2.49. The Morgan fingerprint density at radius 1 is 1.27 bits per heavy atom. The molecular formula is C14H15F2NO3S2. The Hall–Kier alpha value is -1.28. The van der Waals surface area contributed by atoms with Gasteiger partial charge < -0.3 is 10.4 Å². The van der Waals surface area contributed by atoms with Crippen molar-refractivity contribution in [1.29, 1.82) is 0 Å². The maximum Gasteiger partial charge on any atom is 0.329 e. The molecule has 0 saturated carbocycles. The second-order valence-corrected chi connectivity index (χ2v) is 7.19. The summed E-state index contributed by atoms with van der Waals surface area (Å²) < 4.78 is 25.9. The van der Waals surface area contributed by atoms with Gasteiger partial charge in [-0.15, -0.1) is 11.8 Å². The maximum atomic E-state index is 13.1. The highest BCUT2D eigenvalue weighted by atomic mass is 32.2. The fraction of sp³-hybridized carbons (Fsp3) is 0.429. The zero-order chi connectivity index (χ0) is 16.2. The summed E-state index contributed by atoms with van der Waals surface area (Å²) in [6.07, 6.45) is 0.767. The molecule has 120 valence electrons. The lowest BCUT2D eigenvalue weighted by molar-refractivity contribution is -0.147. The van der Waals surface area contributed by atoms with Crippen molar-refractivity contribution in [2.24, 2.45) is 0 Å². The molecule has 0 aliphatic carbocycles. The van der Waals surface area contributed by atoms with Gasteiger partial charge in [0.1, 0.15) is 5.54 Å². The van der Waals surface area contributed by atoms with Crippen molar-refractivity contribution in [3.63, 3.8) is 0 Å². The van der Waals surface area contributed by atoms with Gasteiger partial charge in [0, 0.05) is 4.90 Å². The number of hydrogen-bond acceptors (Lipinski definition) is 4. The summed E-state index contributed by atoms with van der Waals surface area (Å²) in [5.74, 6) is -2.06. The predicted octanol–water partition coefficient (Wildman–Crippen LogP) is 2.52. The second-order valence-electron chi connectivity index (χ2n) is 4.91. The van der Waals surface area contributed by atoms with Gasteiger partial charge >= 0.3 is 5.97 Å². The Kier molecular flexibility index (Phi) is 5.69. The monoisotopic (exact) mass is 347 g/mol. The van der Waals surface area contributed by atoms with E-state index in [1.54, 1.807) is 11.8 Å². The van der Waals surface area contributed by atoms with E-state index in [0.717, 1.165) is 23.9 Å². The number of aliphatic carboxylic acids is 1. The van der Waals surface area contributed by atoms with Crippen LogP contribution in [0, 0.1) is 11.6 Å². The molecule has 1 aromatic carbocycles. The molecule has 0 spiro atoms. The van der Waals surface area contributed by atoms with Crippen LogP contribution in [-0.4, -0.2) is 39.8 Å². The molecule has 0 atom stereocenters. The lowest BCUT2D eigenvalue weighted by Gasteiger charge is -2.33. The Morgan fingerprint density at radius 3 is 2.55 bits per heavy atom. The topological polar surface area (TPSA) is 66.4 Å². The summed E-state index contributed by atoms with van der Waals surface area (Å²) in [4.78, 5) is 23.8. The molecule has 1 heterocycles. The first-order chi connectivity index (χ1) is 10.4. The van der Waals surface area contributed by atoms with E-state index in [4.69, 9.17) is 0 Å². The molecule has 4 nitrogen and oxygen atoms in total. The average molecular weight is 347 g/mol. The standard InChI is InChI=1S/C14H15F2NO3S2/c15-10-2-1-9(7-11(10)16)22-8-12(18)17-14(13(19)20)3-5-21-6-4-14/h1-2,7H,3-6,8H2,(H,17,18)(H,19,20). The predicted molar refractivity (Wildman–Crippen MR) is 82.2 cm³/mol. The fourth-order valence-electron chi connectivity index (χ4n) is 2.13. The summed E-state index contributed by atoms with van der Waals surface area (Å²) in [7, 11) is 0. The molecule has 2 N–H and O–H groups in total. The molecule has 1 saturated heterocycles. The molecule has 1 fully saturated rings. The number of carbonyl (C=O) groups excluding carboxylic acids is 1. The van der Waals surface area contributed by atoms with Gasteiger partial charge in [-0.2, -0.15) is 11.8 Å². The van der Waals surface area contributed by atoms with E-state index in [1.165, 1.54) is 6.07 Å². The lowest BCUT2D eigenvalue weighted by Crippen LogP contribution is -2.57. The van der Waals surface area contributed by atoms with Crippen molar-refractivity contribution >= 4 is 35.4 Å². The molecule has 0 unspecified atom stereocenters. The van der Waals surface area contributed by atoms with Crippen LogP contribution in [0.25, 0.3) is 0 Å². The maximum absolute atomic E-state index is 13.1. The first kappa shape index (κ1) is 17.1. The van der Waals surface area contributed by atoms with Crippen LogP contribution in [0.4, 0.5) is 8.78 Å². The number of carboxylic acids is 1. The minimum atomic E-state index is -1.21. The quantitative estimate of drug-likeness (QED) is 0.801. The summed E-state index contributed by atoms with van der Waals surface area (Å²) in [5.41, 5.74) is -1.21. The van der Waals surface area contributed by atoms with Gasteiger partial charge in [0.2, 0.25) is 5.91 Å². The minimum Gasteiger partial charge on any atom is -0.480 e. The van der Waals surface area contributed by atoms with Crippen LogP contribution in [0.3, 0.4) is 0 Å². The van der Waals surface area contributed by atoms with E-state index in [2.05, 4.69) is 5.32 Å². The largest absolute Gasteiger partial charge is 0.480 e. The molecule has 22 heavy (non-hydrogen) atoms. The van der Waals surface area contributed by atoms with Crippen LogP contribution in [0.15, 0.2) is 23.1 Å². The van der Waals surface area contributed by atoms with E-state index < -0.39 is 29.0 Å². The van der Waals surface area contributed by atoms with Crippen molar-refractivity contribution in [3.05, 3.63) is 29.8 Å². The van der Waals surface area contributed by atoms with Gasteiger partial charge in [-0.05, 0) is 42.5 Å². The summed E-state index contributed by atoms with van der Waals surface area (Å²) in [6, 6.07) is 3.38. The van der Waals surface area contributed by atoms with Crippen molar-refractivity contribution in [1.82, 2.24) is 5.32 Å². The van der Waals surface area contributed by atoms with E-state index >= 15 is 0 Å². The van der Waals surface area contributed by atoms with E-state index in [-0.39, 0.29) is 5.75 Å². The number of halogens is 2. The van der Waals surface area contributed by atoms with Crippen LogP contribution < -0.4 is 5.32 Å². The minimum absolute atomic E-state index is 0.0484. The van der Waals surface area contributed by atoms with E-state index in [0.29, 0.717) is 29.2 Å². The van der Waals surface area contributed by atoms with Gasteiger partial charge in [-0.1, -0.05) is 0 Å². The molecule has 0 aromatic heterocycles. The molecule has 2 rings (SSSR count). The highest BCUT2D eigenvalue weighted by Gasteiger charge is 2.41. The molecule has 1 aliphatic rings. The van der Waals surface area contributed by atoms with Crippen LogP contribution in [0.1, 0.15) is 12.8 Å². The number of carbonyl (C=O) groups is 2. The van der Waals surface area contributed by atoms with Crippen molar-refractivity contribution in [2.45, 2.75) is 23.3 Å². The van der Waals surface area contributed by atoms with Crippen molar-refractivity contribution < 1.29 is 23.5 Å². The zero-order valence-electron chi connectivity index (χ0n) is 11.6. The number of thioether (sulfide) groups is 2. The molecule has 0 radical (unpaired) electrons. The molecule has 1 aliphatic heterocycles. The number of carboxylic acid groups (broad SMARTS) is 1. The zero-order valence-corrected chi connectivity index (χ0v) is 13.2. The third-order valence-electron chi connectivity index (χ3n) is 3.40. The smallest absolute Gasteiger partial charge is 0.329 e. The SMILES string of the molecule is O=C(CSc1ccc(F)c(F)c1)NC1(C(=O)O)CCSCC1. The van der Waals surface area contributed by atoms with Gasteiger partial charge in [-0.25, -0.2) is 13.6 Å². The van der Waals surface area contributed by atoms with Crippen molar-refractivity contribution in [3.8, 4) is 0 Å². The Balaban J connectivity index is 1.94. The van der Waals surface area contributed by atoms with Crippen molar-refractivity contribution in [2.75, 3.05) is 17.3 Å². The normalized spacial score (nSPS) is 17.0. The highest BCUT2D eigenvalue weighted by Crippen LogP contribution is 2.28. The van der Waals surface area contributed by atoms with Gasteiger partial charge in [0.25, 0.3) is 0 Å². The van der Waals surface area contributed by atoms with Crippen LogP contribution in [0.5, 0.6) is 0 Å². The first-order valence-corrected chi connectivity index (χ1v) is 8.77. The fourth-order valence-corrected chi connectivity index (χ4v) is 4.04. The number of hydrogen-bond donors (Lipinski definition) is 2. The molecule has 1 aromatic rings. The van der Waals surface area contributed by atoms with E-state index in [1.807, 2.05) is 0 Å². The van der Waals surface area contributed by atoms with Gasteiger partial charge in [-0.3, -0.25) is 4.79 Å². The lowest BCUT2D eigenvalue weighted by atomic mass is 9.92. The third kappa shape index (κ3) is 4.13. The molecule has 8 heteroatoms. The summed E-state index contributed by atoms with van der Waals surface area (Å²) in [5, 5.41) is 12.0. The van der Waals surface area contributed by atoms with Gasteiger partial charge in [0.05, 0.1) is 5.75 Å². The highest BCUT2D eigenvalue weighted by molar-refractivity contribution is 8.00.